The second-order valence-electron chi connectivity index (χ2n) is 3.93. The molecule has 0 atom stereocenters. The number of rotatable bonds is 6. The summed E-state index contributed by atoms with van der Waals surface area (Å²) in [5.41, 5.74) is 2.30. The van der Waals surface area contributed by atoms with Crippen LogP contribution in [0.1, 0.15) is 19.4 Å². The van der Waals surface area contributed by atoms with E-state index in [4.69, 9.17) is 0 Å². The molecule has 4 heteroatoms. The third-order valence-corrected chi connectivity index (χ3v) is 2.13. The second kappa shape index (κ2) is 7.01. The van der Waals surface area contributed by atoms with Crippen molar-refractivity contribution in [3.63, 3.8) is 0 Å². The zero-order valence-corrected chi connectivity index (χ0v) is 10.0. The van der Waals surface area contributed by atoms with Crippen LogP contribution in [-0.2, 0) is 6.54 Å². The molecule has 0 saturated carbocycles. The molecule has 0 amide bonds. The maximum atomic E-state index is 11.9. The van der Waals surface area contributed by atoms with Gasteiger partial charge in [-0.15, -0.1) is 0 Å². The molecule has 0 fully saturated rings. The van der Waals surface area contributed by atoms with Crippen LogP contribution in [0.25, 0.3) is 0 Å². The van der Waals surface area contributed by atoms with E-state index in [2.05, 4.69) is 16.1 Å². The highest BCUT2D eigenvalue weighted by atomic mass is 19.3. The molecule has 2 nitrogen and oxygen atoms in total. The molecule has 0 aliphatic carbocycles. The predicted octanol–water partition coefficient (Wildman–Crippen LogP) is 3.34. The van der Waals surface area contributed by atoms with Crippen molar-refractivity contribution in [3.8, 4) is 5.75 Å². The highest BCUT2D eigenvalue weighted by molar-refractivity contribution is 5.27. The molecule has 94 valence electrons. The number of ether oxygens (including phenoxy) is 1. The van der Waals surface area contributed by atoms with E-state index in [0.717, 1.165) is 12.1 Å². The molecule has 0 spiro atoms. The largest absolute Gasteiger partial charge is 0.435 e. The van der Waals surface area contributed by atoms with Crippen molar-refractivity contribution < 1.29 is 13.5 Å². The van der Waals surface area contributed by atoms with Crippen LogP contribution in [0.15, 0.2) is 35.9 Å². The molecule has 0 radical (unpaired) electrons. The Morgan fingerprint density at radius 1 is 1.29 bits per heavy atom. The molecular formula is C13H17F2NO. The average Bonchev–Trinajstić information content (AvgIpc) is 2.25. The number of halogens is 2. The molecule has 0 aliphatic rings. The summed E-state index contributed by atoms with van der Waals surface area (Å²) >= 11 is 0. The Morgan fingerprint density at radius 3 is 2.47 bits per heavy atom. The number of hydrogen-bond donors (Lipinski definition) is 1. The van der Waals surface area contributed by atoms with Gasteiger partial charge in [0.05, 0.1) is 0 Å². The van der Waals surface area contributed by atoms with Crippen molar-refractivity contribution >= 4 is 0 Å². The molecule has 1 rings (SSSR count). The van der Waals surface area contributed by atoms with Crippen LogP contribution in [-0.4, -0.2) is 13.2 Å². The molecule has 17 heavy (non-hydrogen) atoms. The van der Waals surface area contributed by atoms with Crippen LogP contribution >= 0.6 is 0 Å². The van der Waals surface area contributed by atoms with E-state index in [1.54, 1.807) is 24.3 Å². The fraction of sp³-hybridized carbons (Fsp3) is 0.385. The molecule has 1 aromatic carbocycles. The molecule has 0 saturated heterocycles. The first-order valence-electron chi connectivity index (χ1n) is 5.46. The summed E-state index contributed by atoms with van der Waals surface area (Å²) < 4.78 is 28.1. The summed E-state index contributed by atoms with van der Waals surface area (Å²) in [6.45, 7) is 2.82. The smallest absolute Gasteiger partial charge is 0.387 e. The first-order valence-corrected chi connectivity index (χ1v) is 5.46. The average molecular weight is 241 g/mol. The quantitative estimate of drug-likeness (QED) is 0.609. The monoisotopic (exact) mass is 241 g/mol. The first-order chi connectivity index (χ1) is 8.08. The molecule has 0 aromatic heterocycles. The van der Waals surface area contributed by atoms with E-state index < -0.39 is 6.61 Å². The Bertz CT molecular complexity index is 356. The van der Waals surface area contributed by atoms with E-state index in [9.17, 15) is 8.78 Å². The van der Waals surface area contributed by atoms with E-state index in [1.165, 1.54) is 5.57 Å². The number of nitrogens with one attached hydrogen (secondary N) is 1. The van der Waals surface area contributed by atoms with Crippen molar-refractivity contribution in [2.24, 2.45) is 0 Å². The SMILES string of the molecule is CC(C)=CCNCc1ccc(OC(F)F)cc1. The first kappa shape index (κ1) is 13.6. The van der Waals surface area contributed by atoms with Gasteiger partial charge in [-0.25, -0.2) is 0 Å². The summed E-state index contributed by atoms with van der Waals surface area (Å²) in [6, 6.07) is 6.63. The van der Waals surface area contributed by atoms with Gasteiger partial charge in [0.1, 0.15) is 5.75 Å². The number of hydrogen-bond acceptors (Lipinski definition) is 2. The summed E-state index contributed by atoms with van der Waals surface area (Å²) in [5, 5.41) is 3.23. The number of benzene rings is 1. The lowest BCUT2D eigenvalue weighted by atomic mass is 10.2. The van der Waals surface area contributed by atoms with Crippen LogP contribution in [0.5, 0.6) is 5.75 Å². The summed E-state index contributed by atoms with van der Waals surface area (Å²) in [4.78, 5) is 0. The number of alkyl halides is 2. The van der Waals surface area contributed by atoms with Crippen molar-refractivity contribution in [1.29, 1.82) is 0 Å². The van der Waals surface area contributed by atoms with Crippen LogP contribution in [0, 0.1) is 0 Å². The fourth-order valence-corrected chi connectivity index (χ4v) is 1.28. The van der Waals surface area contributed by atoms with Gasteiger partial charge in [0.2, 0.25) is 0 Å². The molecule has 1 N–H and O–H groups in total. The van der Waals surface area contributed by atoms with Crippen LogP contribution < -0.4 is 10.1 Å². The molecular weight excluding hydrogens is 224 g/mol. The van der Waals surface area contributed by atoms with E-state index in [0.29, 0.717) is 6.54 Å². The van der Waals surface area contributed by atoms with Crippen molar-refractivity contribution in [2.75, 3.05) is 6.54 Å². The molecule has 0 bridgehead atoms. The predicted molar refractivity (Wildman–Crippen MR) is 64.2 cm³/mol. The van der Waals surface area contributed by atoms with Gasteiger partial charge in [0, 0.05) is 13.1 Å². The minimum atomic E-state index is -2.77. The van der Waals surface area contributed by atoms with Gasteiger partial charge >= 0.3 is 6.61 Å². The lowest BCUT2D eigenvalue weighted by molar-refractivity contribution is -0.0498. The summed E-state index contributed by atoms with van der Waals surface area (Å²) in [6.07, 6.45) is 2.09. The highest BCUT2D eigenvalue weighted by Gasteiger charge is 2.03. The van der Waals surface area contributed by atoms with Gasteiger partial charge in [0.15, 0.2) is 0 Å². The standard InChI is InChI=1S/C13H17F2NO/c1-10(2)7-8-16-9-11-3-5-12(6-4-11)17-13(14)15/h3-7,13,16H,8-9H2,1-2H3. The van der Waals surface area contributed by atoms with E-state index >= 15 is 0 Å². The van der Waals surface area contributed by atoms with Crippen LogP contribution in [0.2, 0.25) is 0 Å². The normalized spacial score (nSPS) is 10.4. The Morgan fingerprint density at radius 2 is 1.94 bits per heavy atom. The second-order valence-corrected chi connectivity index (χ2v) is 3.93. The fourth-order valence-electron chi connectivity index (χ4n) is 1.28. The Labute approximate surface area is 100 Å². The zero-order chi connectivity index (χ0) is 12.7. The molecule has 0 unspecified atom stereocenters. The maximum Gasteiger partial charge on any atom is 0.387 e. The van der Waals surface area contributed by atoms with Gasteiger partial charge in [-0.05, 0) is 31.5 Å². The topological polar surface area (TPSA) is 21.3 Å². The van der Waals surface area contributed by atoms with E-state index in [-0.39, 0.29) is 5.75 Å². The minimum Gasteiger partial charge on any atom is -0.435 e. The van der Waals surface area contributed by atoms with E-state index in [1.807, 2.05) is 13.8 Å². The van der Waals surface area contributed by atoms with Gasteiger partial charge in [-0.2, -0.15) is 8.78 Å². The van der Waals surface area contributed by atoms with Crippen LogP contribution in [0.3, 0.4) is 0 Å². The molecule has 0 aliphatic heterocycles. The maximum absolute atomic E-state index is 11.9. The highest BCUT2D eigenvalue weighted by Crippen LogP contribution is 2.14. The number of allylic oxidation sites excluding steroid dienone is 1. The van der Waals surface area contributed by atoms with Crippen molar-refractivity contribution in [1.82, 2.24) is 5.32 Å². The lowest BCUT2D eigenvalue weighted by Gasteiger charge is -2.06. The minimum absolute atomic E-state index is 0.188. The Kier molecular flexibility index (Phi) is 5.63. The van der Waals surface area contributed by atoms with Gasteiger partial charge in [-0.3, -0.25) is 0 Å². The van der Waals surface area contributed by atoms with Gasteiger partial charge < -0.3 is 10.1 Å². The third kappa shape index (κ3) is 6.02. The van der Waals surface area contributed by atoms with Crippen molar-refractivity contribution in [2.45, 2.75) is 27.0 Å². The van der Waals surface area contributed by atoms with Gasteiger partial charge in [-0.1, -0.05) is 23.8 Å². The summed E-state index contributed by atoms with van der Waals surface area (Å²) in [5.74, 6) is 0.188. The van der Waals surface area contributed by atoms with Crippen molar-refractivity contribution in [3.05, 3.63) is 41.5 Å². The molecule has 0 heterocycles. The zero-order valence-electron chi connectivity index (χ0n) is 10.0. The van der Waals surface area contributed by atoms with Gasteiger partial charge in [0.25, 0.3) is 0 Å². The summed E-state index contributed by atoms with van der Waals surface area (Å²) in [7, 11) is 0. The van der Waals surface area contributed by atoms with Crippen LogP contribution in [0.4, 0.5) is 8.78 Å². The third-order valence-electron chi connectivity index (χ3n) is 2.13. The molecule has 1 aromatic rings. The Balaban J connectivity index is 2.38. The Hall–Kier alpha value is -1.42. The lowest BCUT2D eigenvalue weighted by Crippen LogP contribution is -2.13.